The second-order valence-corrected chi connectivity index (χ2v) is 10.0. The summed E-state index contributed by atoms with van der Waals surface area (Å²) < 4.78 is 10.8. The lowest BCUT2D eigenvalue weighted by Crippen LogP contribution is -2.45. The molecule has 0 aromatic heterocycles. The van der Waals surface area contributed by atoms with E-state index in [0.29, 0.717) is 35.7 Å². The van der Waals surface area contributed by atoms with Crippen molar-refractivity contribution in [3.05, 3.63) is 59.7 Å². The normalized spacial score (nSPS) is 15.1. The van der Waals surface area contributed by atoms with Crippen molar-refractivity contribution in [1.29, 1.82) is 0 Å². The molecule has 0 aliphatic carbocycles. The number of carboxylic acid groups (broad SMARTS) is 1. The number of carbonyl (C=O) groups is 3. The summed E-state index contributed by atoms with van der Waals surface area (Å²) in [4.78, 5) is 37.6. The molecule has 3 atom stereocenters. The number of Topliss-reactive ketones (excluding diaryl/α,β-unsaturated/α-hetero) is 1. The molecule has 3 rings (SSSR count). The number of ether oxygens (including phenoxy) is 2. The molecule has 1 aliphatic rings. The van der Waals surface area contributed by atoms with E-state index in [1.165, 1.54) is 6.92 Å². The van der Waals surface area contributed by atoms with Crippen LogP contribution in [0.15, 0.2) is 48.5 Å². The van der Waals surface area contributed by atoms with E-state index in [1.807, 2.05) is 62.4 Å². The highest BCUT2D eigenvalue weighted by atomic mass is 32.2. The fourth-order valence-electron chi connectivity index (χ4n) is 3.95. The number of aliphatic carboxylic acids is 1. The zero-order chi connectivity index (χ0) is 24.7. The second kappa shape index (κ2) is 12.0. The number of carbonyl (C=O) groups excluding carboxylic acids is 2. The molecule has 7 nitrogen and oxygen atoms in total. The molecule has 1 aliphatic heterocycles. The molecule has 34 heavy (non-hydrogen) atoms. The summed E-state index contributed by atoms with van der Waals surface area (Å²) in [6.07, 6.45) is 0.781. The van der Waals surface area contributed by atoms with Gasteiger partial charge in [0.2, 0.25) is 6.79 Å². The molecule has 182 valence electrons. The molecular formula is C26H31NO6S. The van der Waals surface area contributed by atoms with Gasteiger partial charge in [0.05, 0.1) is 6.04 Å². The first-order valence-corrected chi connectivity index (χ1v) is 12.3. The van der Waals surface area contributed by atoms with E-state index in [0.717, 1.165) is 17.3 Å². The number of benzene rings is 2. The molecule has 1 heterocycles. The van der Waals surface area contributed by atoms with Crippen molar-refractivity contribution >= 4 is 28.6 Å². The van der Waals surface area contributed by atoms with E-state index in [4.69, 9.17) is 9.47 Å². The Morgan fingerprint density at radius 1 is 1.06 bits per heavy atom. The third-order valence-electron chi connectivity index (χ3n) is 5.60. The van der Waals surface area contributed by atoms with Crippen LogP contribution in [0.1, 0.15) is 44.4 Å². The van der Waals surface area contributed by atoms with Gasteiger partial charge in [0.25, 0.3) is 0 Å². The summed E-state index contributed by atoms with van der Waals surface area (Å²) in [5, 5.41) is 12.8. The van der Waals surface area contributed by atoms with Crippen LogP contribution in [0.3, 0.4) is 0 Å². The van der Waals surface area contributed by atoms with Gasteiger partial charge in [-0.15, -0.1) is 0 Å². The van der Waals surface area contributed by atoms with Gasteiger partial charge >= 0.3 is 5.97 Å². The number of hydrogen-bond donors (Lipinski definition) is 2. The summed E-state index contributed by atoms with van der Waals surface area (Å²) in [6.45, 7) is 5.53. The summed E-state index contributed by atoms with van der Waals surface area (Å²) in [6, 6.07) is 13.0. The van der Waals surface area contributed by atoms with Crippen molar-refractivity contribution < 1.29 is 29.0 Å². The Morgan fingerprint density at radius 3 is 2.41 bits per heavy atom. The first-order chi connectivity index (χ1) is 16.2. The summed E-state index contributed by atoms with van der Waals surface area (Å²) in [5.74, 6) is 0.0732. The summed E-state index contributed by atoms with van der Waals surface area (Å²) in [7, 11) is 0. The monoisotopic (exact) mass is 485 g/mol. The lowest BCUT2D eigenvalue weighted by atomic mass is 9.88. The van der Waals surface area contributed by atoms with Crippen LogP contribution in [-0.4, -0.2) is 40.6 Å². The van der Waals surface area contributed by atoms with E-state index in [1.54, 1.807) is 0 Å². The molecule has 0 radical (unpaired) electrons. The van der Waals surface area contributed by atoms with Gasteiger partial charge in [-0.1, -0.05) is 62.0 Å². The van der Waals surface area contributed by atoms with Crippen molar-refractivity contribution in [1.82, 2.24) is 5.32 Å². The van der Waals surface area contributed by atoms with Crippen molar-refractivity contribution in [3.63, 3.8) is 0 Å². The fourth-order valence-corrected chi connectivity index (χ4v) is 4.67. The lowest BCUT2D eigenvalue weighted by Gasteiger charge is -2.27. The minimum atomic E-state index is -0.993. The van der Waals surface area contributed by atoms with E-state index in [9.17, 15) is 19.5 Å². The maximum absolute atomic E-state index is 13.9. The number of rotatable bonds is 12. The Hall–Kier alpha value is -2.84. The Labute approximate surface area is 204 Å². The van der Waals surface area contributed by atoms with Crippen LogP contribution in [0.4, 0.5) is 0 Å². The van der Waals surface area contributed by atoms with Crippen molar-refractivity contribution in [2.45, 2.75) is 45.7 Å². The van der Waals surface area contributed by atoms with Crippen LogP contribution >= 0.6 is 11.8 Å². The molecule has 2 N–H and O–H groups in total. The van der Waals surface area contributed by atoms with Crippen LogP contribution in [0.25, 0.3) is 0 Å². The maximum atomic E-state index is 13.9. The molecule has 2 aromatic carbocycles. The number of fused-ring (bicyclic) bond motifs is 1. The van der Waals surface area contributed by atoms with Crippen LogP contribution in [0.5, 0.6) is 11.5 Å². The SMILES string of the molecule is CC(=O)SC[C@@H](Cc1ccc2c(c1)OCO2)C(=O)C(NC(CC(C)C)C(=O)O)c1ccccc1. The molecule has 0 bridgehead atoms. The predicted molar refractivity (Wildman–Crippen MR) is 131 cm³/mol. The van der Waals surface area contributed by atoms with Gasteiger partial charge in [0.15, 0.2) is 22.4 Å². The summed E-state index contributed by atoms with van der Waals surface area (Å²) >= 11 is 1.10. The van der Waals surface area contributed by atoms with Gasteiger partial charge in [0.1, 0.15) is 6.04 Å². The van der Waals surface area contributed by atoms with Gasteiger partial charge in [-0.25, -0.2) is 0 Å². The molecule has 0 saturated heterocycles. The van der Waals surface area contributed by atoms with Crippen LogP contribution < -0.4 is 14.8 Å². The van der Waals surface area contributed by atoms with E-state index in [2.05, 4.69) is 5.32 Å². The fraction of sp³-hybridized carbons (Fsp3) is 0.423. The van der Waals surface area contributed by atoms with Gasteiger partial charge in [-0.3, -0.25) is 19.7 Å². The first-order valence-electron chi connectivity index (χ1n) is 11.3. The largest absolute Gasteiger partial charge is 0.480 e. The molecule has 8 heteroatoms. The van der Waals surface area contributed by atoms with E-state index in [-0.39, 0.29) is 23.6 Å². The van der Waals surface area contributed by atoms with Crippen molar-refractivity contribution in [2.24, 2.45) is 11.8 Å². The first kappa shape index (κ1) is 25.8. The Balaban J connectivity index is 1.90. The molecule has 2 aromatic rings. The number of thioether (sulfide) groups is 1. The number of carboxylic acids is 1. The number of nitrogens with one attached hydrogen (secondary N) is 1. The summed E-state index contributed by atoms with van der Waals surface area (Å²) in [5.41, 5.74) is 1.58. The predicted octanol–water partition coefficient (Wildman–Crippen LogP) is 4.25. The zero-order valence-electron chi connectivity index (χ0n) is 19.7. The molecular weight excluding hydrogens is 454 g/mol. The lowest BCUT2D eigenvalue weighted by molar-refractivity contribution is -0.140. The quantitative estimate of drug-likeness (QED) is 0.460. The standard InChI is InChI=1S/C26H31NO6S/c1-16(2)11-21(26(30)31)27-24(19-7-5-4-6-8-19)25(29)20(14-34-17(3)28)12-18-9-10-22-23(13-18)33-15-32-22/h4-10,13,16,20-21,24,27H,11-12,14-15H2,1-3H3,(H,30,31)/t20-,21?,24?/m1/s1. The number of ketones is 1. The highest BCUT2D eigenvalue weighted by Gasteiger charge is 2.33. The smallest absolute Gasteiger partial charge is 0.320 e. The molecule has 0 amide bonds. The molecule has 0 saturated carbocycles. The topological polar surface area (TPSA) is 102 Å². The minimum absolute atomic E-state index is 0.0732. The second-order valence-electron chi connectivity index (χ2n) is 8.82. The van der Waals surface area contributed by atoms with Gasteiger partial charge < -0.3 is 14.6 Å². The average molecular weight is 486 g/mol. The van der Waals surface area contributed by atoms with Gasteiger partial charge in [-0.05, 0) is 42.0 Å². The van der Waals surface area contributed by atoms with Crippen molar-refractivity contribution in [2.75, 3.05) is 12.5 Å². The highest BCUT2D eigenvalue weighted by Crippen LogP contribution is 2.34. The van der Waals surface area contributed by atoms with E-state index >= 15 is 0 Å². The number of hydrogen-bond acceptors (Lipinski definition) is 7. The van der Waals surface area contributed by atoms with Gasteiger partial charge in [0, 0.05) is 18.6 Å². The Kier molecular flexibility index (Phi) is 9.12. The average Bonchev–Trinajstić information content (AvgIpc) is 3.27. The van der Waals surface area contributed by atoms with Crippen LogP contribution in [0.2, 0.25) is 0 Å². The third-order valence-corrected chi connectivity index (χ3v) is 6.58. The van der Waals surface area contributed by atoms with E-state index < -0.39 is 24.0 Å². The Bertz CT molecular complexity index is 1010. The highest BCUT2D eigenvalue weighted by molar-refractivity contribution is 8.13. The molecule has 0 spiro atoms. The minimum Gasteiger partial charge on any atom is -0.480 e. The maximum Gasteiger partial charge on any atom is 0.320 e. The Morgan fingerprint density at radius 2 is 1.76 bits per heavy atom. The van der Waals surface area contributed by atoms with Gasteiger partial charge in [-0.2, -0.15) is 0 Å². The zero-order valence-corrected chi connectivity index (χ0v) is 20.5. The van der Waals surface area contributed by atoms with Crippen LogP contribution in [-0.2, 0) is 20.8 Å². The molecule has 2 unspecified atom stereocenters. The molecule has 0 fully saturated rings. The van der Waals surface area contributed by atoms with Crippen molar-refractivity contribution in [3.8, 4) is 11.5 Å². The third kappa shape index (κ3) is 7.08. The van der Waals surface area contributed by atoms with Crippen LogP contribution in [0, 0.1) is 11.8 Å².